The maximum Gasteiger partial charge on any atom is 0.150 e. The Kier molecular flexibility index (Phi) is 2.17. The molecule has 0 heterocycles. The van der Waals surface area contributed by atoms with Gasteiger partial charge in [0.2, 0.25) is 0 Å². The number of fused-ring (bicyclic) bond motifs is 1. The highest BCUT2D eigenvalue weighted by Crippen LogP contribution is 2.25. The van der Waals surface area contributed by atoms with Crippen LogP contribution in [0.5, 0.6) is 0 Å². The summed E-state index contributed by atoms with van der Waals surface area (Å²) in [6.45, 7) is 2.27. The lowest BCUT2D eigenvalue weighted by molar-refractivity contribution is 0.112. The molecule has 0 radical (unpaired) electrons. The van der Waals surface area contributed by atoms with Gasteiger partial charge >= 0.3 is 0 Å². The van der Waals surface area contributed by atoms with Crippen LogP contribution in [0.1, 0.15) is 34.8 Å². The molecular weight excluding hydrogens is 160 g/mol. The van der Waals surface area contributed by atoms with Crippen LogP contribution in [0.4, 0.5) is 0 Å². The molecule has 0 N–H and O–H groups in total. The molecule has 1 unspecified atom stereocenters. The molecule has 1 heteroatoms. The van der Waals surface area contributed by atoms with Crippen molar-refractivity contribution in [1.29, 1.82) is 0 Å². The lowest BCUT2D eigenvalue weighted by atomic mass is 9.84. The van der Waals surface area contributed by atoms with Crippen LogP contribution in [0.2, 0.25) is 0 Å². The fourth-order valence-corrected chi connectivity index (χ4v) is 2.03. The van der Waals surface area contributed by atoms with E-state index in [1.165, 1.54) is 24.0 Å². The largest absolute Gasteiger partial charge is 0.298 e. The first-order valence-electron chi connectivity index (χ1n) is 4.86. The van der Waals surface area contributed by atoms with Crippen LogP contribution in [0, 0.1) is 5.92 Å². The average molecular weight is 174 g/mol. The first-order chi connectivity index (χ1) is 6.29. The van der Waals surface area contributed by atoms with E-state index in [9.17, 15) is 4.79 Å². The van der Waals surface area contributed by atoms with Crippen molar-refractivity contribution in [2.75, 3.05) is 0 Å². The van der Waals surface area contributed by atoms with E-state index in [1.54, 1.807) is 0 Å². The highest BCUT2D eigenvalue weighted by Gasteiger charge is 2.14. The molecule has 1 aliphatic carbocycles. The van der Waals surface area contributed by atoms with Crippen molar-refractivity contribution in [3.05, 3.63) is 34.9 Å². The molecule has 1 aromatic rings. The monoisotopic (exact) mass is 174 g/mol. The SMILES string of the molecule is CC1CCc2ccc(C=O)cc2C1. The van der Waals surface area contributed by atoms with E-state index >= 15 is 0 Å². The zero-order chi connectivity index (χ0) is 9.26. The van der Waals surface area contributed by atoms with Gasteiger partial charge in [0, 0.05) is 5.56 Å². The van der Waals surface area contributed by atoms with Crippen LogP contribution in [0.15, 0.2) is 18.2 Å². The van der Waals surface area contributed by atoms with Gasteiger partial charge in [0.25, 0.3) is 0 Å². The summed E-state index contributed by atoms with van der Waals surface area (Å²) in [5.41, 5.74) is 3.62. The number of aryl methyl sites for hydroxylation is 1. The Balaban J connectivity index is 2.38. The molecule has 0 saturated carbocycles. The van der Waals surface area contributed by atoms with Crippen molar-refractivity contribution in [2.24, 2.45) is 5.92 Å². The molecule has 68 valence electrons. The van der Waals surface area contributed by atoms with Gasteiger partial charge < -0.3 is 0 Å². The highest BCUT2D eigenvalue weighted by atomic mass is 16.1. The second-order valence-corrected chi connectivity index (χ2v) is 3.99. The number of rotatable bonds is 1. The molecule has 0 aliphatic heterocycles. The van der Waals surface area contributed by atoms with Gasteiger partial charge in [-0.2, -0.15) is 0 Å². The van der Waals surface area contributed by atoms with E-state index in [0.29, 0.717) is 0 Å². The van der Waals surface area contributed by atoms with Crippen molar-refractivity contribution in [2.45, 2.75) is 26.2 Å². The smallest absolute Gasteiger partial charge is 0.150 e. The quantitative estimate of drug-likeness (QED) is 0.598. The van der Waals surface area contributed by atoms with Crippen LogP contribution in [0.3, 0.4) is 0 Å². The summed E-state index contributed by atoms with van der Waals surface area (Å²) in [5, 5.41) is 0. The summed E-state index contributed by atoms with van der Waals surface area (Å²) >= 11 is 0. The predicted octanol–water partition coefficient (Wildman–Crippen LogP) is 2.62. The zero-order valence-corrected chi connectivity index (χ0v) is 7.92. The Morgan fingerprint density at radius 1 is 1.38 bits per heavy atom. The highest BCUT2D eigenvalue weighted by molar-refractivity contribution is 5.75. The summed E-state index contributed by atoms with van der Waals surface area (Å²) in [6, 6.07) is 6.06. The van der Waals surface area contributed by atoms with Gasteiger partial charge in [-0.3, -0.25) is 4.79 Å². The van der Waals surface area contributed by atoms with Crippen LogP contribution in [0.25, 0.3) is 0 Å². The van der Waals surface area contributed by atoms with Crippen molar-refractivity contribution in [1.82, 2.24) is 0 Å². The maximum atomic E-state index is 10.6. The second-order valence-electron chi connectivity index (χ2n) is 3.99. The number of aldehydes is 1. The number of carbonyl (C=O) groups is 1. The Labute approximate surface area is 78.8 Å². The van der Waals surface area contributed by atoms with Gasteiger partial charge in [0.15, 0.2) is 0 Å². The third kappa shape index (κ3) is 1.64. The molecule has 0 fully saturated rings. The molecule has 13 heavy (non-hydrogen) atoms. The molecule has 0 amide bonds. The molecule has 1 aromatic carbocycles. The van der Waals surface area contributed by atoms with E-state index in [0.717, 1.165) is 24.2 Å². The molecule has 1 nitrogen and oxygen atoms in total. The lowest BCUT2D eigenvalue weighted by Crippen LogP contribution is -2.11. The number of carbonyl (C=O) groups excluding carboxylic acids is 1. The molecule has 0 bridgehead atoms. The number of benzene rings is 1. The lowest BCUT2D eigenvalue weighted by Gasteiger charge is -2.21. The average Bonchev–Trinajstić information content (AvgIpc) is 2.16. The van der Waals surface area contributed by atoms with Crippen molar-refractivity contribution in [3.8, 4) is 0 Å². The first-order valence-corrected chi connectivity index (χ1v) is 4.86. The Bertz CT molecular complexity index is 328. The van der Waals surface area contributed by atoms with Gasteiger partial charge in [0.1, 0.15) is 6.29 Å². The van der Waals surface area contributed by atoms with E-state index in [-0.39, 0.29) is 0 Å². The summed E-state index contributed by atoms with van der Waals surface area (Å²) < 4.78 is 0. The first kappa shape index (κ1) is 8.49. The van der Waals surface area contributed by atoms with Crippen molar-refractivity contribution in [3.63, 3.8) is 0 Å². The van der Waals surface area contributed by atoms with E-state index in [4.69, 9.17) is 0 Å². The topological polar surface area (TPSA) is 17.1 Å². The molecule has 0 aromatic heterocycles. The summed E-state index contributed by atoms with van der Waals surface area (Å²) in [5.74, 6) is 0.773. The van der Waals surface area contributed by atoms with Crippen LogP contribution in [-0.2, 0) is 12.8 Å². The third-order valence-electron chi connectivity index (χ3n) is 2.84. The molecular formula is C12H14O. The van der Waals surface area contributed by atoms with E-state index in [1.807, 2.05) is 12.1 Å². The predicted molar refractivity (Wildman–Crippen MR) is 53.0 cm³/mol. The Morgan fingerprint density at radius 3 is 3.00 bits per heavy atom. The minimum Gasteiger partial charge on any atom is -0.298 e. The minimum atomic E-state index is 0.773. The fourth-order valence-electron chi connectivity index (χ4n) is 2.03. The van der Waals surface area contributed by atoms with E-state index < -0.39 is 0 Å². The Hall–Kier alpha value is -1.11. The van der Waals surface area contributed by atoms with Gasteiger partial charge in [-0.25, -0.2) is 0 Å². The third-order valence-corrected chi connectivity index (χ3v) is 2.84. The minimum absolute atomic E-state index is 0.773. The zero-order valence-electron chi connectivity index (χ0n) is 7.92. The molecule has 2 rings (SSSR count). The van der Waals surface area contributed by atoms with Crippen molar-refractivity contribution >= 4 is 6.29 Å². The van der Waals surface area contributed by atoms with Gasteiger partial charge in [-0.05, 0) is 42.4 Å². The van der Waals surface area contributed by atoms with Crippen LogP contribution in [-0.4, -0.2) is 6.29 Å². The summed E-state index contributed by atoms with van der Waals surface area (Å²) in [7, 11) is 0. The van der Waals surface area contributed by atoms with Crippen LogP contribution < -0.4 is 0 Å². The summed E-state index contributed by atoms with van der Waals surface area (Å²) in [4.78, 5) is 10.6. The van der Waals surface area contributed by atoms with Gasteiger partial charge in [0.05, 0.1) is 0 Å². The fraction of sp³-hybridized carbons (Fsp3) is 0.417. The van der Waals surface area contributed by atoms with Gasteiger partial charge in [-0.15, -0.1) is 0 Å². The second kappa shape index (κ2) is 3.33. The standard InChI is InChI=1S/C12H14O/c1-9-2-4-11-5-3-10(8-13)7-12(11)6-9/h3,5,7-9H,2,4,6H2,1H3. The molecule has 0 saturated heterocycles. The maximum absolute atomic E-state index is 10.6. The van der Waals surface area contributed by atoms with Crippen LogP contribution >= 0.6 is 0 Å². The van der Waals surface area contributed by atoms with E-state index in [2.05, 4.69) is 13.0 Å². The molecule has 1 aliphatic rings. The normalized spacial score (nSPS) is 20.8. The van der Waals surface area contributed by atoms with Gasteiger partial charge in [-0.1, -0.05) is 19.1 Å². The number of hydrogen-bond acceptors (Lipinski definition) is 1. The molecule has 1 atom stereocenters. The van der Waals surface area contributed by atoms with Crippen molar-refractivity contribution < 1.29 is 4.79 Å². The summed E-state index contributed by atoms with van der Waals surface area (Å²) in [6.07, 6.45) is 4.53. The Morgan fingerprint density at radius 2 is 2.23 bits per heavy atom. The number of hydrogen-bond donors (Lipinski definition) is 0. The molecule has 0 spiro atoms.